The second kappa shape index (κ2) is 9.33. The average molecular weight is 457 g/mol. The largest absolute Gasteiger partial charge is 0.506 e. The van der Waals surface area contributed by atoms with Crippen LogP contribution < -0.4 is 5.32 Å². The van der Waals surface area contributed by atoms with E-state index in [2.05, 4.69) is 15.5 Å². The number of nitrogens with one attached hydrogen (secondary N) is 1. The Hall–Kier alpha value is -4.86. The summed E-state index contributed by atoms with van der Waals surface area (Å²) < 4.78 is 0. The van der Waals surface area contributed by atoms with Crippen LogP contribution in [0.4, 0.5) is 28.4 Å². The Morgan fingerprint density at radius 1 is 0.882 bits per heavy atom. The van der Waals surface area contributed by atoms with Gasteiger partial charge in [0.1, 0.15) is 11.4 Å². The Kier molecular flexibility index (Phi) is 6.13. The molecular formula is C24H19N5O5. The Bertz CT molecular complexity index is 1430. The van der Waals surface area contributed by atoms with Gasteiger partial charge in [0.15, 0.2) is 5.69 Å². The summed E-state index contributed by atoms with van der Waals surface area (Å²) in [6.07, 6.45) is 0. The lowest BCUT2D eigenvalue weighted by Gasteiger charge is -2.12. The van der Waals surface area contributed by atoms with E-state index in [-0.39, 0.29) is 17.1 Å². The lowest BCUT2D eigenvalue weighted by Crippen LogP contribution is -1.95. The average Bonchev–Trinajstić information content (AvgIpc) is 2.83. The SMILES string of the molecule is CCNc1ccc(-c2cc(O)c(N=Nc3ccc([N+](=O)[O-])cc3[N+](=O)[O-])c3ccccc23)cc1. The van der Waals surface area contributed by atoms with Crippen molar-refractivity contribution in [3.8, 4) is 16.9 Å². The summed E-state index contributed by atoms with van der Waals surface area (Å²) in [6, 6.07) is 19.7. The van der Waals surface area contributed by atoms with Crippen molar-refractivity contribution in [2.24, 2.45) is 10.2 Å². The molecule has 0 aromatic heterocycles. The van der Waals surface area contributed by atoms with Crippen LogP contribution in [-0.2, 0) is 0 Å². The Balaban J connectivity index is 1.80. The summed E-state index contributed by atoms with van der Waals surface area (Å²) >= 11 is 0. The van der Waals surface area contributed by atoms with E-state index in [1.54, 1.807) is 18.2 Å². The Morgan fingerprint density at radius 3 is 2.24 bits per heavy atom. The van der Waals surface area contributed by atoms with Crippen LogP contribution in [0.25, 0.3) is 21.9 Å². The summed E-state index contributed by atoms with van der Waals surface area (Å²) in [5, 5.41) is 45.8. The molecule has 2 N–H and O–H groups in total. The molecule has 0 spiro atoms. The van der Waals surface area contributed by atoms with Gasteiger partial charge in [-0.15, -0.1) is 10.2 Å². The maximum absolute atomic E-state index is 11.4. The van der Waals surface area contributed by atoms with E-state index in [1.165, 1.54) is 0 Å². The molecule has 0 atom stereocenters. The van der Waals surface area contributed by atoms with Gasteiger partial charge in [0, 0.05) is 23.7 Å². The van der Waals surface area contributed by atoms with Gasteiger partial charge in [0.25, 0.3) is 5.69 Å². The number of nitro groups is 2. The number of non-ortho nitro benzene ring substituents is 1. The molecule has 0 fully saturated rings. The van der Waals surface area contributed by atoms with Crippen LogP contribution in [0.15, 0.2) is 83.0 Å². The summed E-state index contributed by atoms with van der Waals surface area (Å²) in [5.74, 6) is -0.155. The molecule has 0 aliphatic rings. The molecule has 34 heavy (non-hydrogen) atoms. The van der Waals surface area contributed by atoms with Crippen LogP contribution in [0, 0.1) is 20.2 Å². The zero-order valence-corrected chi connectivity index (χ0v) is 18.0. The van der Waals surface area contributed by atoms with Crippen LogP contribution in [0.2, 0.25) is 0 Å². The number of aromatic hydroxyl groups is 1. The number of nitrogens with zero attached hydrogens (tertiary/aromatic N) is 4. The van der Waals surface area contributed by atoms with E-state index >= 15 is 0 Å². The van der Waals surface area contributed by atoms with Gasteiger partial charge in [-0.1, -0.05) is 36.4 Å². The third-order valence-corrected chi connectivity index (χ3v) is 5.20. The van der Waals surface area contributed by atoms with E-state index in [4.69, 9.17) is 0 Å². The van der Waals surface area contributed by atoms with E-state index in [1.807, 2.05) is 43.3 Å². The lowest BCUT2D eigenvalue weighted by atomic mass is 9.96. The van der Waals surface area contributed by atoms with Crippen molar-refractivity contribution in [1.29, 1.82) is 0 Å². The fourth-order valence-corrected chi connectivity index (χ4v) is 3.62. The smallest absolute Gasteiger partial charge is 0.303 e. The molecular weight excluding hydrogens is 438 g/mol. The van der Waals surface area contributed by atoms with Gasteiger partial charge in [-0.2, -0.15) is 0 Å². The number of nitro benzene ring substituents is 2. The number of azo groups is 1. The highest BCUT2D eigenvalue weighted by atomic mass is 16.6. The van der Waals surface area contributed by atoms with Crippen molar-refractivity contribution in [2.75, 3.05) is 11.9 Å². The molecule has 0 radical (unpaired) electrons. The van der Waals surface area contributed by atoms with Gasteiger partial charge < -0.3 is 10.4 Å². The van der Waals surface area contributed by atoms with Crippen LogP contribution in [0.1, 0.15) is 6.92 Å². The van der Waals surface area contributed by atoms with E-state index in [0.717, 1.165) is 46.9 Å². The first-order valence-corrected chi connectivity index (χ1v) is 10.3. The van der Waals surface area contributed by atoms with Crippen molar-refractivity contribution in [1.82, 2.24) is 0 Å². The molecule has 170 valence electrons. The monoisotopic (exact) mass is 457 g/mol. The molecule has 0 amide bonds. The molecule has 0 aliphatic carbocycles. The lowest BCUT2D eigenvalue weighted by molar-refractivity contribution is -0.393. The predicted octanol–water partition coefficient (Wildman–Crippen LogP) is 6.88. The predicted molar refractivity (Wildman–Crippen MR) is 129 cm³/mol. The molecule has 0 aliphatic heterocycles. The highest BCUT2D eigenvalue weighted by Gasteiger charge is 2.20. The van der Waals surface area contributed by atoms with Crippen molar-refractivity contribution < 1.29 is 15.0 Å². The minimum Gasteiger partial charge on any atom is -0.506 e. The zero-order chi connectivity index (χ0) is 24.2. The topological polar surface area (TPSA) is 143 Å². The first kappa shape index (κ1) is 22.3. The molecule has 10 heteroatoms. The molecule has 0 saturated heterocycles. The third-order valence-electron chi connectivity index (χ3n) is 5.20. The minimum atomic E-state index is -0.764. The number of benzene rings is 4. The van der Waals surface area contributed by atoms with Gasteiger partial charge in [0.05, 0.1) is 15.9 Å². The standard InChI is InChI=1S/C24H19N5O5/c1-2-25-16-9-7-15(8-10-16)20-14-23(30)24(19-6-4-3-5-18(19)20)27-26-21-12-11-17(28(31)32)13-22(21)29(33)34/h3-14,25,30H,2H2,1H3. The quantitative estimate of drug-likeness (QED) is 0.176. The molecule has 0 unspecified atom stereocenters. The van der Waals surface area contributed by atoms with Crippen LogP contribution in [0.3, 0.4) is 0 Å². The van der Waals surface area contributed by atoms with E-state index in [0.29, 0.717) is 5.39 Å². The number of phenolic OH excluding ortho intramolecular Hbond substituents is 1. The van der Waals surface area contributed by atoms with Gasteiger partial charge in [-0.05, 0) is 47.7 Å². The zero-order valence-electron chi connectivity index (χ0n) is 18.0. The van der Waals surface area contributed by atoms with Gasteiger partial charge in [0.2, 0.25) is 0 Å². The summed E-state index contributed by atoms with van der Waals surface area (Å²) in [7, 11) is 0. The number of anilines is 1. The first-order chi connectivity index (χ1) is 16.4. The maximum atomic E-state index is 11.4. The number of phenols is 1. The Morgan fingerprint density at radius 2 is 1.59 bits per heavy atom. The summed E-state index contributed by atoms with van der Waals surface area (Å²) in [6.45, 7) is 2.81. The van der Waals surface area contributed by atoms with Crippen LogP contribution in [0.5, 0.6) is 5.75 Å². The number of hydrogen-bond acceptors (Lipinski definition) is 8. The minimum absolute atomic E-state index is 0.135. The van der Waals surface area contributed by atoms with Gasteiger partial charge >= 0.3 is 5.69 Å². The van der Waals surface area contributed by atoms with Gasteiger partial charge in [-0.25, -0.2) is 0 Å². The van der Waals surface area contributed by atoms with Gasteiger partial charge in [-0.3, -0.25) is 20.2 Å². The molecule has 4 aromatic carbocycles. The molecule has 0 heterocycles. The highest BCUT2D eigenvalue weighted by molar-refractivity contribution is 6.04. The number of fused-ring (bicyclic) bond motifs is 1. The van der Waals surface area contributed by atoms with Crippen molar-refractivity contribution >= 4 is 39.2 Å². The Labute approximate surface area is 193 Å². The van der Waals surface area contributed by atoms with E-state index in [9.17, 15) is 25.3 Å². The summed E-state index contributed by atoms with van der Waals surface area (Å²) in [4.78, 5) is 20.8. The fourth-order valence-electron chi connectivity index (χ4n) is 3.62. The highest BCUT2D eigenvalue weighted by Crippen LogP contribution is 2.43. The molecule has 4 aromatic rings. The maximum Gasteiger partial charge on any atom is 0.303 e. The molecule has 10 nitrogen and oxygen atoms in total. The van der Waals surface area contributed by atoms with Crippen LogP contribution >= 0.6 is 0 Å². The van der Waals surface area contributed by atoms with Crippen LogP contribution in [-0.4, -0.2) is 21.5 Å². The van der Waals surface area contributed by atoms with Crippen molar-refractivity contribution in [2.45, 2.75) is 6.92 Å². The molecule has 0 bridgehead atoms. The first-order valence-electron chi connectivity index (χ1n) is 10.3. The number of rotatable bonds is 7. The third kappa shape index (κ3) is 4.37. The molecule has 4 rings (SSSR count). The molecule has 0 saturated carbocycles. The normalized spacial score (nSPS) is 11.1. The van der Waals surface area contributed by atoms with Crippen molar-refractivity contribution in [3.63, 3.8) is 0 Å². The fraction of sp³-hybridized carbons (Fsp3) is 0.0833. The number of hydrogen-bond donors (Lipinski definition) is 2. The van der Waals surface area contributed by atoms with E-state index < -0.39 is 21.2 Å². The van der Waals surface area contributed by atoms with Crippen molar-refractivity contribution in [3.05, 3.63) is 93.0 Å². The second-order valence-electron chi connectivity index (χ2n) is 7.33. The second-order valence-corrected chi connectivity index (χ2v) is 7.33. The summed E-state index contributed by atoms with van der Waals surface area (Å²) in [5.41, 5.74) is 1.65.